The molecule has 0 aromatic heterocycles. The molecule has 1 aliphatic rings. The molecule has 106 valence electrons. The number of hydrogen-bond donors (Lipinski definition) is 1. The average Bonchev–Trinajstić information content (AvgIpc) is 2.42. The highest BCUT2D eigenvalue weighted by molar-refractivity contribution is 5.55. The van der Waals surface area contributed by atoms with Crippen molar-refractivity contribution in [3.63, 3.8) is 0 Å². The van der Waals surface area contributed by atoms with E-state index in [2.05, 4.69) is 23.8 Å². The normalized spacial score (nSPS) is 20.8. The molecule has 1 aromatic rings. The molecule has 0 aliphatic carbocycles. The maximum atomic E-state index is 14.0. The number of piperazine rings is 1. The predicted molar refractivity (Wildman–Crippen MR) is 78.1 cm³/mol. The molecule has 0 radical (unpaired) electrons. The number of benzene rings is 1. The highest BCUT2D eigenvalue weighted by Crippen LogP contribution is 2.26. The minimum absolute atomic E-state index is 0.130. The van der Waals surface area contributed by atoms with Gasteiger partial charge in [0.25, 0.3) is 0 Å². The molecular formula is C15H24FN3. The SMILES string of the molecule is CCC1CN(c2cccc(F)c2CCN)CCN1C. The average molecular weight is 265 g/mol. The van der Waals surface area contributed by atoms with Gasteiger partial charge in [-0.25, -0.2) is 4.39 Å². The van der Waals surface area contributed by atoms with Crippen LogP contribution in [0.1, 0.15) is 18.9 Å². The largest absolute Gasteiger partial charge is 0.368 e. The van der Waals surface area contributed by atoms with Crippen molar-refractivity contribution in [1.29, 1.82) is 0 Å². The van der Waals surface area contributed by atoms with Gasteiger partial charge in [-0.15, -0.1) is 0 Å². The van der Waals surface area contributed by atoms with Gasteiger partial charge in [-0.2, -0.15) is 0 Å². The molecule has 3 nitrogen and oxygen atoms in total. The van der Waals surface area contributed by atoms with Crippen molar-refractivity contribution in [1.82, 2.24) is 4.90 Å². The Hall–Kier alpha value is -1.13. The van der Waals surface area contributed by atoms with Crippen LogP contribution in [0, 0.1) is 5.82 Å². The first kappa shape index (κ1) is 14.3. The number of rotatable bonds is 4. The molecule has 0 spiro atoms. The van der Waals surface area contributed by atoms with Crippen LogP contribution in [-0.2, 0) is 6.42 Å². The van der Waals surface area contributed by atoms with Gasteiger partial charge in [0.2, 0.25) is 0 Å². The first-order valence-corrected chi connectivity index (χ1v) is 7.10. The van der Waals surface area contributed by atoms with Gasteiger partial charge in [0.05, 0.1) is 0 Å². The van der Waals surface area contributed by atoms with E-state index in [9.17, 15) is 4.39 Å². The number of halogens is 1. The third-order valence-corrected chi connectivity index (χ3v) is 4.08. The minimum atomic E-state index is -0.130. The molecule has 0 amide bonds. The quantitative estimate of drug-likeness (QED) is 0.902. The summed E-state index contributed by atoms with van der Waals surface area (Å²) < 4.78 is 14.0. The molecule has 1 heterocycles. The molecule has 1 atom stereocenters. The molecule has 0 saturated carbocycles. The Bertz CT molecular complexity index is 422. The Morgan fingerprint density at radius 3 is 2.84 bits per heavy atom. The maximum Gasteiger partial charge on any atom is 0.128 e. The van der Waals surface area contributed by atoms with Crippen LogP contribution < -0.4 is 10.6 Å². The number of nitrogens with two attached hydrogens (primary N) is 1. The van der Waals surface area contributed by atoms with Crippen molar-refractivity contribution in [2.24, 2.45) is 5.73 Å². The summed E-state index contributed by atoms with van der Waals surface area (Å²) in [5, 5.41) is 0. The lowest BCUT2D eigenvalue weighted by Gasteiger charge is -2.41. The maximum absolute atomic E-state index is 14.0. The Morgan fingerprint density at radius 1 is 1.37 bits per heavy atom. The second kappa shape index (κ2) is 6.35. The molecule has 19 heavy (non-hydrogen) atoms. The number of likely N-dealkylation sites (N-methyl/N-ethyl adjacent to an activating group) is 1. The van der Waals surface area contributed by atoms with Gasteiger partial charge < -0.3 is 10.6 Å². The van der Waals surface area contributed by atoms with E-state index in [-0.39, 0.29) is 5.82 Å². The Labute approximate surface area is 115 Å². The van der Waals surface area contributed by atoms with Crippen molar-refractivity contribution in [2.75, 3.05) is 38.1 Å². The Kier molecular flexibility index (Phi) is 4.77. The van der Waals surface area contributed by atoms with Gasteiger partial charge in [0, 0.05) is 36.9 Å². The highest BCUT2D eigenvalue weighted by atomic mass is 19.1. The number of nitrogens with zero attached hydrogens (tertiary/aromatic N) is 2. The van der Waals surface area contributed by atoms with E-state index < -0.39 is 0 Å². The van der Waals surface area contributed by atoms with Crippen molar-refractivity contribution in [3.05, 3.63) is 29.6 Å². The fourth-order valence-electron chi connectivity index (χ4n) is 2.84. The van der Waals surface area contributed by atoms with E-state index in [1.54, 1.807) is 6.07 Å². The molecular weight excluding hydrogens is 241 g/mol. The highest BCUT2D eigenvalue weighted by Gasteiger charge is 2.24. The van der Waals surface area contributed by atoms with E-state index in [1.807, 2.05) is 6.07 Å². The summed E-state index contributed by atoms with van der Waals surface area (Å²) >= 11 is 0. The summed E-state index contributed by atoms with van der Waals surface area (Å²) in [6, 6.07) is 5.89. The zero-order valence-corrected chi connectivity index (χ0v) is 11.9. The monoisotopic (exact) mass is 265 g/mol. The molecule has 0 bridgehead atoms. The lowest BCUT2D eigenvalue weighted by Crippen LogP contribution is -2.51. The molecule has 1 fully saturated rings. The van der Waals surface area contributed by atoms with Gasteiger partial charge in [0.15, 0.2) is 0 Å². The Balaban J connectivity index is 2.24. The van der Waals surface area contributed by atoms with Crippen LogP contribution in [0.4, 0.5) is 10.1 Å². The van der Waals surface area contributed by atoms with E-state index in [0.717, 1.165) is 37.3 Å². The third kappa shape index (κ3) is 3.07. The minimum Gasteiger partial charge on any atom is -0.368 e. The van der Waals surface area contributed by atoms with Gasteiger partial charge in [-0.05, 0) is 38.6 Å². The molecule has 1 aromatic carbocycles. The van der Waals surface area contributed by atoms with Crippen molar-refractivity contribution in [3.8, 4) is 0 Å². The molecule has 1 aliphatic heterocycles. The second-order valence-electron chi connectivity index (χ2n) is 5.26. The Morgan fingerprint density at radius 2 is 2.16 bits per heavy atom. The van der Waals surface area contributed by atoms with Gasteiger partial charge in [0.1, 0.15) is 5.82 Å². The van der Waals surface area contributed by atoms with E-state index in [0.29, 0.717) is 19.0 Å². The lowest BCUT2D eigenvalue weighted by atomic mass is 10.0. The molecule has 1 unspecified atom stereocenters. The molecule has 2 rings (SSSR count). The molecule has 2 N–H and O–H groups in total. The summed E-state index contributed by atoms with van der Waals surface area (Å²) in [4.78, 5) is 4.70. The smallest absolute Gasteiger partial charge is 0.128 e. The van der Waals surface area contributed by atoms with Crippen LogP contribution in [-0.4, -0.2) is 44.2 Å². The summed E-state index contributed by atoms with van der Waals surface area (Å²) in [6.45, 7) is 5.63. The van der Waals surface area contributed by atoms with Crippen molar-refractivity contribution in [2.45, 2.75) is 25.8 Å². The standard InChI is InChI=1S/C15H24FN3/c1-3-12-11-19(10-9-18(12)2)15-6-4-5-14(16)13(15)7-8-17/h4-6,12H,3,7-11,17H2,1-2H3. The van der Waals surface area contributed by atoms with Crippen LogP contribution in [0.15, 0.2) is 18.2 Å². The zero-order chi connectivity index (χ0) is 13.8. The summed E-state index contributed by atoms with van der Waals surface area (Å²) in [5.74, 6) is -0.130. The first-order chi connectivity index (χ1) is 9.17. The van der Waals surface area contributed by atoms with Gasteiger partial charge >= 0.3 is 0 Å². The summed E-state index contributed by atoms with van der Waals surface area (Å²) in [7, 11) is 2.16. The fraction of sp³-hybridized carbons (Fsp3) is 0.600. The van der Waals surface area contributed by atoms with Crippen LogP contribution in [0.3, 0.4) is 0 Å². The number of anilines is 1. The van der Waals surface area contributed by atoms with Gasteiger partial charge in [-0.3, -0.25) is 4.90 Å². The first-order valence-electron chi connectivity index (χ1n) is 7.10. The predicted octanol–water partition coefficient (Wildman–Crippen LogP) is 1.86. The summed E-state index contributed by atoms with van der Waals surface area (Å²) in [5.41, 5.74) is 7.40. The van der Waals surface area contributed by atoms with E-state index in [1.165, 1.54) is 6.07 Å². The van der Waals surface area contributed by atoms with Crippen molar-refractivity contribution >= 4 is 5.69 Å². The number of hydrogen-bond acceptors (Lipinski definition) is 3. The third-order valence-electron chi connectivity index (χ3n) is 4.08. The van der Waals surface area contributed by atoms with E-state index >= 15 is 0 Å². The molecule has 4 heteroatoms. The zero-order valence-electron chi connectivity index (χ0n) is 11.9. The van der Waals surface area contributed by atoms with Crippen LogP contribution in [0.5, 0.6) is 0 Å². The van der Waals surface area contributed by atoms with Crippen LogP contribution in [0.25, 0.3) is 0 Å². The van der Waals surface area contributed by atoms with Crippen LogP contribution >= 0.6 is 0 Å². The van der Waals surface area contributed by atoms with E-state index in [4.69, 9.17) is 5.73 Å². The van der Waals surface area contributed by atoms with Gasteiger partial charge in [-0.1, -0.05) is 13.0 Å². The lowest BCUT2D eigenvalue weighted by molar-refractivity contribution is 0.213. The second-order valence-corrected chi connectivity index (χ2v) is 5.26. The molecule has 1 saturated heterocycles. The summed E-state index contributed by atoms with van der Waals surface area (Å²) in [6.07, 6.45) is 1.72. The fourth-order valence-corrected chi connectivity index (χ4v) is 2.84. The van der Waals surface area contributed by atoms with Crippen LogP contribution in [0.2, 0.25) is 0 Å². The van der Waals surface area contributed by atoms with Crippen molar-refractivity contribution < 1.29 is 4.39 Å². The topological polar surface area (TPSA) is 32.5 Å².